The molecule has 19 heavy (non-hydrogen) atoms. The van der Waals surface area contributed by atoms with E-state index in [9.17, 15) is 13.6 Å². The van der Waals surface area contributed by atoms with Gasteiger partial charge in [0.2, 0.25) is 5.13 Å². The van der Waals surface area contributed by atoms with E-state index in [1.54, 1.807) is 6.92 Å². The Morgan fingerprint density at radius 3 is 2.68 bits per heavy atom. The van der Waals surface area contributed by atoms with Crippen LogP contribution >= 0.6 is 23.1 Å². The molecule has 1 atom stereocenters. The van der Waals surface area contributed by atoms with Crippen molar-refractivity contribution in [3.8, 4) is 0 Å². The standard InChI is InChI=1S/C11H9F2N3OS2/c1-5(18-11-16-15-10(14)19-11)9(17)6-2-3-7(12)8(13)4-6/h2-5H,1H3,(H2,14,15)/t5-/m0/s1. The van der Waals surface area contributed by atoms with Gasteiger partial charge in [0.25, 0.3) is 0 Å². The monoisotopic (exact) mass is 301 g/mol. The molecule has 0 amide bonds. The van der Waals surface area contributed by atoms with Crippen LogP contribution in [0.25, 0.3) is 0 Å². The molecule has 4 nitrogen and oxygen atoms in total. The number of aromatic nitrogens is 2. The Morgan fingerprint density at radius 1 is 1.37 bits per heavy atom. The number of hydrogen-bond acceptors (Lipinski definition) is 6. The number of carbonyl (C=O) groups excluding carboxylic acids is 1. The van der Waals surface area contributed by atoms with E-state index < -0.39 is 16.9 Å². The molecule has 0 aliphatic heterocycles. The van der Waals surface area contributed by atoms with Gasteiger partial charge in [0, 0.05) is 5.56 Å². The van der Waals surface area contributed by atoms with Crippen molar-refractivity contribution in [3.63, 3.8) is 0 Å². The van der Waals surface area contributed by atoms with Crippen molar-refractivity contribution in [2.75, 3.05) is 5.73 Å². The minimum absolute atomic E-state index is 0.122. The maximum absolute atomic E-state index is 13.1. The van der Waals surface area contributed by atoms with Gasteiger partial charge >= 0.3 is 0 Å². The van der Waals surface area contributed by atoms with Crippen molar-refractivity contribution in [1.29, 1.82) is 0 Å². The van der Waals surface area contributed by atoms with Crippen LogP contribution in [-0.4, -0.2) is 21.2 Å². The third kappa shape index (κ3) is 3.27. The molecule has 0 unspecified atom stereocenters. The maximum Gasteiger partial charge on any atom is 0.203 e. The molecule has 1 heterocycles. The molecule has 1 aromatic heterocycles. The first-order chi connectivity index (χ1) is 8.97. The second-order valence-corrected chi connectivity index (χ2v) is 6.26. The van der Waals surface area contributed by atoms with E-state index in [-0.39, 0.29) is 11.3 Å². The van der Waals surface area contributed by atoms with E-state index in [1.165, 1.54) is 29.2 Å². The molecule has 0 fully saturated rings. The molecule has 0 bridgehead atoms. The molecule has 0 saturated heterocycles. The van der Waals surface area contributed by atoms with Crippen LogP contribution in [0.5, 0.6) is 0 Å². The third-order valence-corrected chi connectivity index (χ3v) is 4.21. The van der Waals surface area contributed by atoms with E-state index in [1.807, 2.05) is 0 Å². The van der Waals surface area contributed by atoms with Crippen molar-refractivity contribution in [2.45, 2.75) is 16.5 Å². The van der Waals surface area contributed by atoms with Crippen LogP contribution in [0.4, 0.5) is 13.9 Å². The Morgan fingerprint density at radius 2 is 2.11 bits per heavy atom. The fourth-order valence-electron chi connectivity index (χ4n) is 1.36. The second kappa shape index (κ2) is 5.62. The first-order valence-electron chi connectivity index (χ1n) is 5.22. The fraction of sp³-hybridized carbons (Fsp3) is 0.182. The first-order valence-corrected chi connectivity index (χ1v) is 6.92. The molecule has 2 rings (SSSR count). The molecule has 100 valence electrons. The zero-order valence-corrected chi connectivity index (χ0v) is 11.4. The first kappa shape index (κ1) is 13.9. The van der Waals surface area contributed by atoms with Crippen LogP contribution in [-0.2, 0) is 0 Å². The summed E-state index contributed by atoms with van der Waals surface area (Å²) < 4.78 is 26.4. The fourth-order valence-corrected chi connectivity index (χ4v) is 3.21. The van der Waals surface area contributed by atoms with Gasteiger partial charge in [-0.05, 0) is 25.1 Å². The van der Waals surface area contributed by atoms with Crippen LogP contribution in [0, 0.1) is 11.6 Å². The van der Waals surface area contributed by atoms with Crippen LogP contribution in [0.15, 0.2) is 22.5 Å². The molecule has 0 spiro atoms. The van der Waals surface area contributed by atoms with E-state index in [0.29, 0.717) is 9.47 Å². The highest BCUT2D eigenvalue weighted by Gasteiger charge is 2.19. The van der Waals surface area contributed by atoms with Crippen molar-refractivity contribution in [3.05, 3.63) is 35.4 Å². The Balaban J connectivity index is 2.12. The number of nitrogens with two attached hydrogens (primary N) is 1. The number of rotatable bonds is 4. The molecule has 0 aliphatic carbocycles. The summed E-state index contributed by atoms with van der Waals surface area (Å²) in [6.07, 6.45) is 0. The summed E-state index contributed by atoms with van der Waals surface area (Å²) in [5.41, 5.74) is 5.56. The Labute approximate surface area is 116 Å². The number of nitrogen functional groups attached to an aromatic ring is 1. The molecule has 0 aliphatic rings. The number of nitrogens with zero attached hydrogens (tertiary/aromatic N) is 2. The van der Waals surface area contributed by atoms with Gasteiger partial charge in [0.15, 0.2) is 21.8 Å². The van der Waals surface area contributed by atoms with Crippen molar-refractivity contribution >= 4 is 34.0 Å². The average Bonchev–Trinajstić information content (AvgIpc) is 2.77. The topological polar surface area (TPSA) is 68.9 Å². The van der Waals surface area contributed by atoms with Gasteiger partial charge in [0.05, 0.1) is 5.25 Å². The SMILES string of the molecule is C[C@H](Sc1nnc(N)s1)C(=O)c1ccc(F)c(F)c1. The largest absolute Gasteiger partial charge is 0.374 e. The lowest BCUT2D eigenvalue weighted by Gasteiger charge is -2.08. The van der Waals surface area contributed by atoms with Crippen molar-refractivity contribution in [1.82, 2.24) is 10.2 Å². The number of ketones is 1. The van der Waals surface area contributed by atoms with Gasteiger partial charge in [-0.25, -0.2) is 8.78 Å². The van der Waals surface area contributed by atoms with E-state index in [2.05, 4.69) is 10.2 Å². The number of halogens is 2. The Kier molecular flexibility index (Phi) is 4.11. The lowest BCUT2D eigenvalue weighted by molar-refractivity contribution is 0.0993. The van der Waals surface area contributed by atoms with Crippen molar-refractivity contribution < 1.29 is 13.6 Å². The molecule has 8 heteroatoms. The number of anilines is 1. The summed E-state index contributed by atoms with van der Waals surface area (Å²) in [5, 5.41) is 7.24. The summed E-state index contributed by atoms with van der Waals surface area (Å²) in [7, 11) is 0. The number of carbonyl (C=O) groups is 1. The lowest BCUT2D eigenvalue weighted by Crippen LogP contribution is -2.13. The molecular formula is C11H9F2N3OS2. The highest BCUT2D eigenvalue weighted by molar-refractivity contribution is 8.02. The number of hydrogen-bond donors (Lipinski definition) is 1. The smallest absolute Gasteiger partial charge is 0.203 e. The lowest BCUT2D eigenvalue weighted by atomic mass is 10.1. The summed E-state index contributed by atoms with van der Waals surface area (Å²) in [5.74, 6) is -2.32. The van der Waals surface area contributed by atoms with Gasteiger partial charge in [-0.3, -0.25) is 4.79 Å². The van der Waals surface area contributed by atoms with Gasteiger partial charge in [-0.1, -0.05) is 23.1 Å². The third-order valence-electron chi connectivity index (χ3n) is 2.27. The van der Waals surface area contributed by atoms with E-state index >= 15 is 0 Å². The van der Waals surface area contributed by atoms with Crippen LogP contribution in [0.3, 0.4) is 0 Å². The number of benzene rings is 1. The zero-order chi connectivity index (χ0) is 14.0. The normalized spacial score (nSPS) is 12.4. The highest BCUT2D eigenvalue weighted by Crippen LogP contribution is 2.29. The van der Waals surface area contributed by atoms with Crippen LogP contribution in [0.1, 0.15) is 17.3 Å². The molecule has 0 saturated carbocycles. The summed E-state index contributed by atoms with van der Waals surface area (Å²) in [6, 6.07) is 3.08. The van der Waals surface area contributed by atoms with Crippen LogP contribution < -0.4 is 5.73 Å². The summed E-state index contributed by atoms with van der Waals surface area (Å²) in [4.78, 5) is 12.0. The van der Waals surface area contributed by atoms with E-state index in [0.717, 1.165) is 12.1 Å². The minimum Gasteiger partial charge on any atom is -0.374 e. The minimum atomic E-state index is -1.04. The average molecular weight is 301 g/mol. The van der Waals surface area contributed by atoms with Gasteiger partial charge in [-0.2, -0.15) is 0 Å². The van der Waals surface area contributed by atoms with Crippen molar-refractivity contribution in [2.24, 2.45) is 0 Å². The second-order valence-electron chi connectivity index (χ2n) is 3.66. The highest BCUT2D eigenvalue weighted by atomic mass is 32.2. The van der Waals surface area contributed by atoms with E-state index in [4.69, 9.17) is 5.73 Å². The molecule has 0 radical (unpaired) electrons. The molecule has 2 N–H and O–H groups in total. The number of Topliss-reactive ketones (excluding diaryl/α,β-unsaturated/α-hetero) is 1. The quantitative estimate of drug-likeness (QED) is 0.694. The maximum atomic E-state index is 13.1. The molecule has 1 aromatic carbocycles. The van der Waals surface area contributed by atoms with Gasteiger partial charge in [-0.15, -0.1) is 10.2 Å². The zero-order valence-electron chi connectivity index (χ0n) is 9.76. The summed E-state index contributed by atoms with van der Waals surface area (Å²) in [6.45, 7) is 1.66. The van der Waals surface area contributed by atoms with Gasteiger partial charge in [0.1, 0.15) is 0 Å². The number of thioether (sulfide) groups is 1. The molecule has 2 aromatic rings. The van der Waals surface area contributed by atoms with Crippen LogP contribution in [0.2, 0.25) is 0 Å². The Bertz CT molecular complexity index is 618. The predicted octanol–water partition coefficient (Wildman–Crippen LogP) is 2.76. The van der Waals surface area contributed by atoms with Gasteiger partial charge < -0.3 is 5.73 Å². The Hall–Kier alpha value is -1.54. The predicted molar refractivity (Wildman–Crippen MR) is 70.3 cm³/mol. The molecular weight excluding hydrogens is 292 g/mol. The summed E-state index contributed by atoms with van der Waals surface area (Å²) >= 11 is 2.34.